The maximum atomic E-state index is 13.1. The normalized spacial score (nSPS) is 13.9. The lowest BCUT2D eigenvalue weighted by molar-refractivity contribution is -0.161. The summed E-state index contributed by atoms with van der Waals surface area (Å²) in [6.45, 7) is 7.34. The van der Waals surface area contributed by atoms with Crippen molar-refractivity contribution in [2.24, 2.45) is 5.92 Å². The number of unbranched alkanes of at least 4 members (excludes halogenated alkanes) is 51. The van der Waals surface area contributed by atoms with E-state index in [1.165, 1.54) is 244 Å². The van der Waals surface area contributed by atoms with Gasteiger partial charge >= 0.3 is 39.5 Å². The van der Waals surface area contributed by atoms with Gasteiger partial charge in [-0.15, -0.1) is 0 Å². The fourth-order valence-electron chi connectivity index (χ4n) is 12.2. The van der Waals surface area contributed by atoms with Crippen molar-refractivity contribution < 1.29 is 80.2 Å². The van der Waals surface area contributed by atoms with E-state index in [9.17, 15) is 43.2 Å². The molecule has 3 N–H and O–H groups in total. The number of aliphatic hydroxyl groups excluding tert-OH is 1. The molecule has 0 rings (SSSR count). The first-order valence-corrected chi connectivity index (χ1v) is 44.1. The van der Waals surface area contributed by atoms with Crippen molar-refractivity contribution in [3.63, 3.8) is 0 Å². The molecule has 0 aliphatic carbocycles. The fraction of sp³-hybridized carbons (Fsp3) is 0.949. The number of carbonyl (C=O) groups is 4. The number of rotatable bonds is 79. The second-order valence-corrected chi connectivity index (χ2v) is 31.8. The Bertz CT molecular complexity index is 1870. The van der Waals surface area contributed by atoms with Gasteiger partial charge in [0.15, 0.2) is 12.2 Å². The molecule has 0 aliphatic heterocycles. The largest absolute Gasteiger partial charge is 0.472 e. The van der Waals surface area contributed by atoms with E-state index in [0.29, 0.717) is 25.7 Å². The third-order valence-electron chi connectivity index (χ3n) is 18.5. The summed E-state index contributed by atoms with van der Waals surface area (Å²) < 4.78 is 68.6. The summed E-state index contributed by atoms with van der Waals surface area (Å²) in [5, 5.41) is 10.6. The van der Waals surface area contributed by atoms with Crippen molar-refractivity contribution in [1.29, 1.82) is 0 Å². The Morgan fingerprint density at radius 2 is 0.469 bits per heavy atom. The molecule has 0 aromatic rings. The Labute approximate surface area is 600 Å². The predicted octanol–water partition coefficient (Wildman–Crippen LogP) is 23.6. The van der Waals surface area contributed by atoms with Crippen molar-refractivity contribution in [1.82, 2.24) is 0 Å². The van der Waals surface area contributed by atoms with Crippen LogP contribution in [0.5, 0.6) is 0 Å². The van der Waals surface area contributed by atoms with Gasteiger partial charge in [0, 0.05) is 25.7 Å². The second-order valence-electron chi connectivity index (χ2n) is 28.9. The maximum Gasteiger partial charge on any atom is 0.472 e. The standard InChI is InChI=1S/C79H154O17P2/c1-6-9-12-15-18-21-23-25-26-27-31-35-38-43-48-53-58-63-77(82)90-69-75(96-79(84)65-60-55-50-45-40-36-32-29-28-30-34-37-42-46-51-56-61-72(4)5)71-94-98(87,88)92-67-73(80)66-91-97(85,86)93-70-74(68-89-76(81)62-57-52-47-41-20-17-14-11-8-3)95-78(83)64-59-54-49-44-39-33-24-22-19-16-13-10-7-2/h72-75,80H,6-71H2,1-5H3,(H,85,86)(H,87,88)/t73-,74+,75+/m0/s1. The van der Waals surface area contributed by atoms with Gasteiger partial charge in [-0.1, -0.05) is 369 Å². The van der Waals surface area contributed by atoms with E-state index in [0.717, 1.165) is 95.8 Å². The monoisotopic (exact) mass is 1440 g/mol. The van der Waals surface area contributed by atoms with Crippen LogP contribution in [0.3, 0.4) is 0 Å². The average molecular weight is 1440 g/mol. The van der Waals surface area contributed by atoms with Crippen LogP contribution in [0.4, 0.5) is 0 Å². The lowest BCUT2D eigenvalue weighted by atomic mass is 10.0. The van der Waals surface area contributed by atoms with Gasteiger partial charge < -0.3 is 33.8 Å². The first-order valence-electron chi connectivity index (χ1n) is 41.1. The maximum absolute atomic E-state index is 13.1. The van der Waals surface area contributed by atoms with E-state index in [2.05, 4.69) is 34.6 Å². The zero-order valence-corrected chi connectivity index (χ0v) is 65.7. The van der Waals surface area contributed by atoms with Crippen molar-refractivity contribution in [3.05, 3.63) is 0 Å². The molecule has 0 bridgehead atoms. The number of aliphatic hydroxyl groups is 1. The van der Waals surface area contributed by atoms with Crippen molar-refractivity contribution in [3.8, 4) is 0 Å². The van der Waals surface area contributed by atoms with Crippen molar-refractivity contribution >= 4 is 39.5 Å². The molecule has 0 aromatic carbocycles. The third-order valence-corrected chi connectivity index (χ3v) is 20.4. The SMILES string of the molecule is CCCCCCCCCCCCCCCCCCCC(=O)OC[C@H](COP(=O)(O)OC[C@@H](O)COP(=O)(O)OC[C@@H](COC(=O)CCCCCCCCCCC)OC(=O)CCCCCCCCCCCCCCC)OC(=O)CCCCCCCCCCCCCCCCCCC(C)C. The minimum Gasteiger partial charge on any atom is -0.462 e. The molecule has 0 aliphatic rings. The van der Waals surface area contributed by atoms with Gasteiger partial charge in [-0.3, -0.25) is 37.3 Å². The van der Waals surface area contributed by atoms with Crippen LogP contribution >= 0.6 is 15.6 Å². The van der Waals surface area contributed by atoms with Gasteiger partial charge in [0.25, 0.3) is 0 Å². The number of hydrogen-bond acceptors (Lipinski definition) is 15. The molecule has 5 atom stereocenters. The first kappa shape index (κ1) is 96.1. The summed E-state index contributed by atoms with van der Waals surface area (Å²) in [5.41, 5.74) is 0. The lowest BCUT2D eigenvalue weighted by Crippen LogP contribution is -2.30. The van der Waals surface area contributed by atoms with Crippen LogP contribution in [0, 0.1) is 5.92 Å². The van der Waals surface area contributed by atoms with Gasteiger partial charge in [0.05, 0.1) is 26.4 Å². The summed E-state index contributed by atoms with van der Waals surface area (Å²) in [4.78, 5) is 72.9. The van der Waals surface area contributed by atoms with Crippen LogP contribution in [-0.2, 0) is 65.4 Å². The Hall–Kier alpha value is -1.94. The van der Waals surface area contributed by atoms with Crippen LogP contribution in [0.1, 0.15) is 420 Å². The molecule has 0 saturated carbocycles. The Kier molecular flexibility index (Phi) is 70.6. The highest BCUT2D eigenvalue weighted by Crippen LogP contribution is 2.45. The van der Waals surface area contributed by atoms with Crippen LogP contribution in [0.2, 0.25) is 0 Å². The first-order chi connectivity index (χ1) is 47.5. The lowest BCUT2D eigenvalue weighted by Gasteiger charge is -2.21. The van der Waals surface area contributed by atoms with Crippen molar-refractivity contribution in [2.45, 2.75) is 438 Å². The number of hydrogen-bond donors (Lipinski definition) is 3. The van der Waals surface area contributed by atoms with Crippen LogP contribution in [0.25, 0.3) is 0 Å². The van der Waals surface area contributed by atoms with Crippen LogP contribution in [-0.4, -0.2) is 96.7 Å². The van der Waals surface area contributed by atoms with E-state index in [1.807, 2.05) is 0 Å². The Morgan fingerprint density at radius 3 is 0.694 bits per heavy atom. The molecule has 17 nitrogen and oxygen atoms in total. The summed E-state index contributed by atoms with van der Waals surface area (Å²) >= 11 is 0. The van der Waals surface area contributed by atoms with Gasteiger partial charge in [-0.05, 0) is 31.6 Å². The van der Waals surface area contributed by atoms with Gasteiger partial charge in [0.2, 0.25) is 0 Å². The molecule has 98 heavy (non-hydrogen) atoms. The molecule has 0 fully saturated rings. The number of phosphoric ester groups is 2. The summed E-state index contributed by atoms with van der Waals surface area (Å²) in [7, 11) is -9.91. The van der Waals surface area contributed by atoms with E-state index < -0.39 is 97.5 Å². The summed E-state index contributed by atoms with van der Waals surface area (Å²) in [6.07, 6.45) is 62.4. The average Bonchev–Trinajstić information content (AvgIpc) is 1.12. The second kappa shape index (κ2) is 72.0. The highest BCUT2D eigenvalue weighted by molar-refractivity contribution is 7.47. The van der Waals surface area contributed by atoms with E-state index in [-0.39, 0.29) is 25.7 Å². The molecule has 19 heteroatoms. The zero-order chi connectivity index (χ0) is 71.9. The summed E-state index contributed by atoms with van der Waals surface area (Å²) in [6, 6.07) is 0. The molecular weight excluding hydrogens is 1280 g/mol. The number of carbonyl (C=O) groups excluding carboxylic acids is 4. The van der Waals surface area contributed by atoms with E-state index in [1.54, 1.807) is 0 Å². The van der Waals surface area contributed by atoms with Crippen LogP contribution in [0.15, 0.2) is 0 Å². The van der Waals surface area contributed by atoms with Gasteiger partial charge in [-0.25, -0.2) is 9.13 Å². The molecule has 2 unspecified atom stereocenters. The van der Waals surface area contributed by atoms with Crippen molar-refractivity contribution in [2.75, 3.05) is 39.6 Å². The predicted molar refractivity (Wildman–Crippen MR) is 400 cm³/mol. The molecule has 0 saturated heterocycles. The summed E-state index contributed by atoms with van der Waals surface area (Å²) in [5.74, 6) is -1.30. The molecule has 0 spiro atoms. The number of phosphoric acid groups is 2. The fourth-order valence-corrected chi connectivity index (χ4v) is 13.8. The number of esters is 4. The minimum atomic E-state index is -4.96. The Balaban J connectivity index is 5.22. The van der Waals surface area contributed by atoms with E-state index >= 15 is 0 Å². The zero-order valence-electron chi connectivity index (χ0n) is 63.9. The van der Waals surface area contributed by atoms with E-state index in [4.69, 9.17) is 37.0 Å². The molecular formula is C79H154O17P2. The van der Waals surface area contributed by atoms with Crippen LogP contribution < -0.4 is 0 Å². The van der Waals surface area contributed by atoms with Gasteiger partial charge in [-0.2, -0.15) is 0 Å². The highest BCUT2D eigenvalue weighted by atomic mass is 31.2. The number of ether oxygens (including phenoxy) is 4. The molecule has 0 amide bonds. The molecule has 582 valence electrons. The quantitative estimate of drug-likeness (QED) is 0.0222. The molecule has 0 radical (unpaired) electrons. The molecule has 0 heterocycles. The smallest absolute Gasteiger partial charge is 0.462 e. The third kappa shape index (κ3) is 72.4. The topological polar surface area (TPSA) is 237 Å². The molecule has 0 aromatic heterocycles. The Morgan fingerprint density at radius 1 is 0.276 bits per heavy atom. The minimum absolute atomic E-state index is 0.108. The highest BCUT2D eigenvalue weighted by Gasteiger charge is 2.30. The van der Waals surface area contributed by atoms with Gasteiger partial charge in [0.1, 0.15) is 19.3 Å².